The number of hydrogen-bond acceptors (Lipinski definition) is 5. The van der Waals surface area contributed by atoms with E-state index in [0.29, 0.717) is 0 Å². The molecule has 6 heteroatoms. The van der Waals surface area contributed by atoms with Crippen LogP contribution in [0.1, 0.15) is 29.0 Å². The Kier molecular flexibility index (Phi) is 7.45. The third-order valence-electron chi connectivity index (χ3n) is 11.5. The van der Waals surface area contributed by atoms with Crippen molar-refractivity contribution in [1.29, 1.82) is 0 Å². The van der Waals surface area contributed by atoms with E-state index in [4.69, 9.17) is 4.99 Å². The van der Waals surface area contributed by atoms with Crippen LogP contribution < -0.4 is 10.6 Å². The first-order valence-electron chi connectivity index (χ1n) is 19.4. The van der Waals surface area contributed by atoms with Crippen LogP contribution in [0.2, 0.25) is 0 Å². The van der Waals surface area contributed by atoms with E-state index in [1.165, 1.54) is 84.5 Å². The van der Waals surface area contributed by atoms with Crippen LogP contribution in [0.5, 0.6) is 0 Å². The number of amidine groups is 1. The number of nitrogens with zero attached hydrogens (tertiary/aromatic N) is 2. The molecule has 1 aliphatic rings. The van der Waals surface area contributed by atoms with Crippen molar-refractivity contribution in [2.75, 3.05) is 0 Å². The van der Waals surface area contributed by atoms with E-state index in [0.717, 1.165) is 17.0 Å². The first-order valence-corrected chi connectivity index (χ1v) is 21.0. The molecule has 2 N–H and O–H groups in total. The second-order valence-corrected chi connectivity index (χ2v) is 16.9. The highest BCUT2D eigenvalue weighted by atomic mass is 32.1. The van der Waals surface area contributed by atoms with E-state index in [1.807, 2.05) is 28.7 Å². The molecule has 0 aliphatic carbocycles. The highest BCUT2D eigenvalue weighted by Gasteiger charge is 2.26. The van der Waals surface area contributed by atoms with Crippen LogP contribution in [-0.2, 0) is 0 Å². The van der Waals surface area contributed by atoms with Crippen LogP contribution in [0.15, 0.2) is 187 Å². The smallest absolute Gasteiger partial charge is 0.131 e. The molecule has 8 aromatic carbocycles. The van der Waals surface area contributed by atoms with Crippen molar-refractivity contribution in [3.8, 4) is 16.8 Å². The number of fused-ring (bicyclic) bond motifs is 9. The van der Waals surface area contributed by atoms with Crippen molar-refractivity contribution in [2.45, 2.75) is 12.3 Å². The summed E-state index contributed by atoms with van der Waals surface area (Å²) in [7, 11) is 0. The molecule has 0 bridgehead atoms. The molecule has 57 heavy (non-hydrogen) atoms. The number of aliphatic imine (C=N–C) groups is 1. The van der Waals surface area contributed by atoms with E-state index < -0.39 is 0 Å². The van der Waals surface area contributed by atoms with Gasteiger partial charge in [0, 0.05) is 56.7 Å². The summed E-state index contributed by atoms with van der Waals surface area (Å²) >= 11 is 3.75. The molecule has 270 valence electrons. The van der Waals surface area contributed by atoms with E-state index in [1.54, 1.807) is 0 Å². The van der Waals surface area contributed by atoms with E-state index >= 15 is 0 Å². The number of rotatable bonds is 5. The molecular formula is C51H34N4S2. The Morgan fingerprint density at radius 2 is 1.14 bits per heavy atom. The molecule has 11 aromatic rings. The van der Waals surface area contributed by atoms with Crippen molar-refractivity contribution < 1.29 is 0 Å². The molecule has 0 amide bonds. The Balaban J connectivity index is 0.990. The van der Waals surface area contributed by atoms with E-state index in [9.17, 15) is 0 Å². The van der Waals surface area contributed by atoms with Crippen molar-refractivity contribution >= 4 is 90.7 Å². The molecule has 4 heterocycles. The monoisotopic (exact) mass is 766 g/mol. The molecule has 0 fully saturated rings. The SMILES string of the molecule is c1ccc(C2=NC(c3ccc4sc5ccc(-c6cccc7c6sc6cccc(-n8c9ccccc9c9ccccc98)c67)cc5c4c3)NC(c3ccccc3)N2)cc1. The van der Waals surface area contributed by atoms with Gasteiger partial charge in [-0.3, -0.25) is 5.32 Å². The van der Waals surface area contributed by atoms with Gasteiger partial charge in [0.2, 0.25) is 0 Å². The van der Waals surface area contributed by atoms with Crippen LogP contribution in [-0.4, -0.2) is 10.4 Å². The number of hydrogen-bond donors (Lipinski definition) is 2. The quantitative estimate of drug-likeness (QED) is 0.183. The molecule has 0 saturated heterocycles. The standard InChI is InChI=1S/C51H34N4S2/c1-3-13-31(14-4-1)49-52-50(32-15-5-2-6-16-32)54-51(53-49)34-26-28-45-40(30-34)39-29-33(25-27-44(39)56-45)35-19-11-20-38-47-43(23-12-24-46(47)57-48(35)38)55-41-21-9-7-17-36(41)37-18-8-10-22-42(37)55/h1-30,49,51,53H,(H,52,54). The van der Waals surface area contributed by atoms with Gasteiger partial charge in [0.05, 0.1) is 16.7 Å². The molecule has 4 nitrogen and oxygen atoms in total. The van der Waals surface area contributed by atoms with Gasteiger partial charge in [-0.15, -0.1) is 22.7 Å². The Hall–Kier alpha value is -6.57. The predicted octanol–water partition coefficient (Wildman–Crippen LogP) is 13.5. The van der Waals surface area contributed by atoms with Crippen molar-refractivity contribution in [3.63, 3.8) is 0 Å². The highest BCUT2D eigenvalue weighted by molar-refractivity contribution is 7.26. The average Bonchev–Trinajstić information content (AvgIpc) is 3.96. The lowest BCUT2D eigenvalue weighted by molar-refractivity contribution is 0.409. The summed E-state index contributed by atoms with van der Waals surface area (Å²) in [5.41, 5.74) is 9.58. The fourth-order valence-electron chi connectivity index (χ4n) is 8.85. The summed E-state index contributed by atoms with van der Waals surface area (Å²) < 4.78 is 7.63. The topological polar surface area (TPSA) is 41.4 Å². The molecule has 0 spiro atoms. The third-order valence-corrected chi connectivity index (χ3v) is 13.8. The summed E-state index contributed by atoms with van der Waals surface area (Å²) in [6.45, 7) is 0. The van der Waals surface area contributed by atoms with Gasteiger partial charge < -0.3 is 9.88 Å². The van der Waals surface area contributed by atoms with Crippen molar-refractivity contribution in [1.82, 2.24) is 15.2 Å². The van der Waals surface area contributed by atoms with Gasteiger partial charge in [-0.25, -0.2) is 4.99 Å². The average molecular weight is 767 g/mol. The first kappa shape index (κ1) is 32.7. The molecule has 0 radical (unpaired) electrons. The predicted molar refractivity (Wildman–Crippen MR) is 243 cm³/mol. The van der Waals surface area contributed by atoms with E-state index in [2.05, 4.69) is 191 Å². The number of nitrogens with one attached hydrogen (secondary N) is 2. The van der Waals surface area contributed by atoms with Crippen LogP contribution >= 0.6 is 22.7 Å². The molecule has 3 aromatic heterocycles. The molecule has 2 atom stereocenters. The van der Waals surface area contributed by atoms with Gasteiger partial charge in [0.15, 0.2) is 0 Å². The zero-order valence-electron chi connectivity index (χ0n) is 30.7. The van der Waals surface area contributed by atoms with Crippen LogP contribution in [0.4, 0.5) is 0 Å². The van der Waals surface area contributed by atoms with Gasteiger partial charge in [0.25, 0.3) is 0 Å². The number of aromatic nitrogens is 1. The van der Waals surface area contributed by atoms with Gasteiger partial charge in [0.1, 0.15) is 18.2 Å². The summed E-state index contributed by atoms with van der Waals surface area (Å²) in [5, 5.41) is 15.2. The normalized spacial score (nSPS) is 15.9. The van der Waals surface area contributed by atoms with Gasteiger partial charge >= 0.3 is 0 Å². The van der Waals surface area contributed by atoms with Gasteiger partial charge in [-0.2, -0.15) is 0 Å². The Bertz CT molecular complexity index is 3320. The number of thiophene rings is 2. The van der Waals surface area contributed by atoms with Crippen molar-refractivity contribution in [3.05, 3.63) is 199 Å². The lowest BCUT2D eigenvalue weighted by Gasteiger charge is -2.32. The summed E-state index contributed by atoms with van der Waals surface area (Å²) in [6.07, 6.45) is -0.298. The van der Waals surface area contributed by atoms with E-state index in [-0.39, 0.29) is 12.3 Å². The number of para-hydroxylation sites is 2. The minimum atomic E-state index is -0.217. The second-order valence-electron chi connectivity index (χ2n) is 14.8. The van der Waals surface area contributed by atoms with Crippen LogP contribution in [0, 0.1) is 0 Å². The number of benzene rings is 8. The lowest BCUT2D eigenvalue weighted by atomic mass is 9.99. The highest BCUT2D eigenvalue weighted by Crippen LogP contribution is 2.45. The van der Waals surface area contributed by atoms with Crippen LogP contribution in [0.25, 0.3) is 79.0 Å². The Morgan fingerprint density at radius 1 is 0.474 bits per heavy atom. The first-order chi connectivity index (χ1) is 28.2. The summed E-state index contributed by atoms with van der Waals surface area (Å²) in [5.74, 6) is 0.892. The zero-order valence-corrected chi connectivity index (χ0v) is 32.3. The maximum atomic E-state index is 5.25. The fraction of sp³-hybridized carbons (Fsp3) is 0.0392. The van der Waals surface area contributed by atoms with Gasteiger partial charge in [-0.05, 0) is 70.8 Å². The Morgan fingerprint density at radius 3 is 1.93 bits per heavy atom. The maximum absolute atomic E-state index is 5.25. The minimum absolute atomic E-state index is 0.0808. The molecule has 2 unspecified atom stereocenters. The fourth-order valence-corrected chi connectivity index (χ4v) is 11.2. The maximum Gasteiger partial charge on any atom is 0.131 e. The summed E-state index contributed by atoms with van der Waals surface area (Å²) in [4.78, 5) is 5.25. The Labute approximate surface area is 337 Å². The van der Waals surface area contributed by atoms with Gasteiger partial charge in [-0.1, -0.05) is 133 Å². The zero-order chi connectivity index (χ0) is 37.5. The largest absolute Gasteiger partial charge is 0.350 e. The third kappa shape index (κ3) is 5.26. The molecule has 0 saturated carbocycles. The van der Waals surface area contributed by atoms with Crippen LogP contribution in [0.3, 0.4) is 0 Å². The lowest BCUT2D eigenvalue weighted by Crippen LogP contribution is -2.44. The molecular weight excluding hydrogens is 733 g/mol. The molecule has 12 rings (SSSR count). The summed E-state index contributed by atoms with van der Waals surface area (Å²) in [6, 6.07) is 66.0. The molecule has 1 aliphatic heterocycles. The minimum Gasteiger partial charge on any atom is -0.350 e. The van der Waals surface area contributed by atoms with Crippen molar-refractivity contribution in [2.24, 2.45) is 4.99 Å². The second kappa shape index (κ2) is 13.0.